The molecule has 1 atom stereocenters. The van der Waals surface area contributed by atoms with Crippen molar-refractivity contribution in [2.45, 2.75) is 37.6 Å². The van der Waals surface area contributed by atoms with Crippen LogP contribution in [-0.2, 0) is 11.2 Å². The molecule has 1 unspecified atom stereocenters. The number of phenolic OH excluding ortho intramolecular Hbond substituents is 1. The fourth-order valence-corrected chi connectivity index (χ4v) is 3.59. The molecule has 2 aromatic carbocycles. The van der Waals surface area contributed by atoms with Crippen LogP contribution in [0.25, 0.3) is 0 Å². The molecule has 4 heteroatoms. The molecule has 1 amide bonds. The summed E-state index contributed by atoms with van der Waals surface area (Å²) in [6.07, 6.45) is 3.98. The molecule has 130 valence electrons. The van der Waals surface area contributed by atoms with E-state index in [1.165, 1.54) is 18.4 Å². The van der Waals surface area contributed by atoms with Gasteiger partial charge in [-0.05, 0) is 48.4 Å². The predicted molar refractivity (Wildman–Crippen MR) is 99.0 cm³/mol. The average molecular weight is 336 g/mol. The number of benzene rings is 2. The quantitative estimate of drug-likeness (QED) is 0.881. The average Bonchev–Trinajstić information content (AvgIpc) is 3.35. The van der Waals surface area contributed by atoms with E-state index in [1.807, 2.05) is 12.1 Å². The number of aromatic hydroxyl groups is 1. The minimum absolute atomic E-state index is 0.0851. The minimum Gasteiger partial charge on any atom is -0.508 e. The van der Waals surface area contributed by atoms with Gasteiger partial charge in [-0.1, -0.05) is 30.3 Å². The summed E-state index contributed by atoms with van der Waals surface area (Å²) >= 11 is 0. The first kappa shape index (κ1) is 16.0. The van der Waals surface area contributed by atoms with Crippen molar-refractivity contribution < 1.29 is 9.90 Å². The van der Waals surface area contributed by atoms with Crippen LogP contribution in [0, 0.1) is 0 Å². The summed E-state index contributed by atoms with van der Waals surface area (Å²) in [6.45, 7) is 1.68. The largest absolute Gasteiger partial charge is 0.508 e. The van der Waals surface area contributed by atoms with E-state index in [1.54, 1.807) is 12.1 Å². The van der Waals surface area contributed by atoms with Gasteiger partial charge in [-0.15, -0.1) is 0 Å². The summed E-state index contributed by atoms with van der Waals surface area (Å²) in [5, 5.41) is 12.8. The van der Waals surface area contributed by atoms with Crippen molar-refractivity contribution >= 4 is 11.6 Å². The lowest BCUT2D eigenvalue weighted by molar-refractivity contribution is -0.121. The van der Waals surface area contributed by atoms with Gasteiger partial charge in [0.25, 0.3) is 0 Å². The van der Waals surface area contributed by atoms with Crippen molar-refractivity contribution in [3.8, 4) is 5.75 Å². The zero-order valence-corrected chi connectivity index (χ0v) is 14.3. The molecule has 0 radical (unpaired) electrons. The van der Waals surface area contributed by atoms with Gasteiger partial charge in [-0.25, -0.2) is 0 Å². The molecular weight excluding hydrogens is 312 g/mol. The summed E-state index contributed by atoms with van der Waals surface area (Å²) in [4.78, 5) is 14.5. The lowest BCUT2D eigenvalue weighted by Gasteiger charge is -2.19. The molecule has 1 saturated heterocycles. The fourth-order valence-electron chi connectivity index (χ4n) is 3.59. The lowest BCUT2D eigenvalue weighted by atomic mass is 10.1. The van der Waals surface area contributed by atoms with Gasteiger partial charge in [0, 0.05) is 30.9 Å². The molecular formula is C21H24N2O2. The van der Waals surface area contributed by atoms with Crippen LogP contribution in [0.15, 0.2) is 48.5 Å². The Morgan fingerprint density at radius 2 is 1.92 bits per heavy atom. The van der Waals surface area contributed by atoms with Crippen LogP contribution < -0.4 is 10.2 Å². The molecule has 2 fully saturated rings. The van der Waals surface area contributed by atoms with Crippen molar-refractivity contribution in [2.75, 3.05) is 18.0 Å². The number of carbonyl (C=O) groups is 1. The zero-order valence-electron chi connectivity index (χ0n) is 14.3. The lowest BCUT2D eigenvalue weighted by Crippen LogP contribution is -2.37. The molecule has 1 aliphatic heterocycles. The van der Waals surface area contributed by atoms with E-state index in [9.17, 15) is 9.90 Å². The summed E-state index contributed by atoms with van der Waals surface area (Å²) in [5.41, 5.74) is 3.49. The smallest absolute Gasteiger partial charge is 0.224 e. The molecule has 2 aliphatic rings. The molecule has 2 N–H and O–H groups in total. The fraction of sp³-hybridized carbons (Fsp3) is 0.381. The molecule has 0 aromatic heterocycles. The minimum atomic E-state index is 0.0851. The van der Waals surface area contributed by atoms with Crippen molar-refractivity contribution in [3.05, 3.63) is 59.7 Å². The third kappa shape index (κ3) is 3.95. The van der Waals surface area contributed by atoms with E-state index in [2.05, 4.69) is 34.5 Å². The third-order valence-corrected chi connectivity index (χ3v) is 5.14. The number of rotatable bonds is 5. The number of carbonyl (C=O) groups excluding carboxylic acids is 1. The van der Waals surface area contributed by atoms with E-state index < -0.39 is 0 Å². The van der Waals surface area contributed by atoms with Gasteiger partial charge in [0.2, 0.25) is 5.91 Å². The van der Waals surface area contributed by atoms with Crippen LogP contribution >= 0.6 is 0 Å². The second-order valence-electron chi connectivity index (χ2n) is 7.21. The number of phenols is 1. The number of hydrogen-bond donors (Lipinski definition) is 2. The van der Waals surface area contributed by atoms with Crippen LogP contribution in [0.1, 0.15) is 36.3 Å². The van der Waals surface area contributed by atoms with Crippen molar-refractivity contribution in [3.63, 3.8) is 0 Å². The van der Waals surface area contributed by atoms with Crippen molar-refractivity contribution in [2.24, 2.45) is 0 Å². The molecule has 4 nitrogen and oxygen atoms in total. The molecule has 1 heterocycles. The Morgan fingerprint density at radius 1 is 1.12 bits per heavy atom. The summed E-state index contributed by atoms with van der Waals surface area (Å²) in [5.74, 6) is 1.12. The molecule has 25 heavy (non-hydrogen) atoms. The Labute approximate surface area is 148 Å². The van der Waals surface area contributed by atoms with Gasteiger partial charge in [0.15, 0.2) is 0 Å². The second-order valence-corrected chi connectivity index (χ2v) is 7.21. The van der Waals surface area contributed by atoms with Crippen LogP contribution in [0.4, 0.5) is 5.69 Å². The summed E-state index contributed by atoms with van der Waals surface area (Å²) < 4.78 is 0. The monoisotopic (exact) mass is 336 g/mol. The normalized spacial score (nSPS) is 19.8. The maximum absolute atomic E-state index is 12.3. The topological polar surface area (TPSA) is 52.6 Å². The van der Waals surface area contributed by atoms with Gasteiger partial charge >= 0.3 is 0 Å². The number of amides is 1. The van der Waals surface area contributed by atoms with E-state index in [0.717, 1.165) is 36.7 Å². The first-order chi connectivity index (χ1) is 12.2. The van der Waals surface area contributed by atoms with Gasteiger partial charge in [0.1, 0.15) is 5.75 Å². The van der Waals surface area contributed by atoms with Gasteiger partial charge in [0.05, 0.1) is 6.42 Å². The van der Waals surface area contributed by atoms with Gasteiger partial charge < -0.3 is 15.3 Å². The highest BCUT2D eigenvalue weighted by molar-refractivity contribution is 5.79. The highest BCUT2D eigenvalue weighted by Crippen LogP contribution is 2.39. The zero-order chi connectivity index (χ0) is 17.2. The summed E-state index contributed by atoms with van der Waals surface area (Å²) in [6, 6.07) is 16.0. The molecule has 1 saturated carbocycles. The highest BCUT2D eigenvalue weighted by atomic mass is 16.3. The number of nitrogens with one attached hydrogen (secondary N) is 1. The first-order valence-corrected chi connectivity index (χ1v) is 9.09. The van der Waals surface area contributed by atoms with E-state index in [4.69, 9.17) is 0 Å². The maximum Gasteiger partial charge on any atom is 0.224 e. The first-order valence-electron chi connectivity index (χ1n) is 9.09. The van der Waals surface area contributed by atoms with Gasteiger partial charge in [-0.2, -0.15) is 0 Å². The predicted octanol–water partition coefficient (Wildman–Crippen LogP) is 3.21. The molecule has 2 aromatic rings. The van der Waals surface area contributed by atoms with E-state index in [-0.39, 0.29) is 17.7 Å². The molecule has 0 bridgehead atoms. The van der Waals surface area contributed by atoms with Gasteiger partial charge in [-0.3, -0.25) is 4.79 Å². The highest BCUT2D eigenvalue weighted by Gasteiger charge is 2.25. The second kappa shape index (κ2) is 6.79. The van der Waals surface area contributed by atoms with E-state index >= 15 is 0 Å². The maximum atomic E-state index is 12.3. The van der Waals surface area contributed by atoms with Crippen LogP contribution in [0.3, 0.4) is 0 Å². The Balaban J connectivity index is 1.29. The van der Waals surface area contributed by atoms with Crippen LogP contribution in [0.2, 0.25) is 0 Å². The third-order valence-electron chi connectivity index (χ3n) is 5.14. The molecule has 1 aliphatic carbocycles. The number of hydrogen-bond acceptors (Lipinski definition) is 3. The van der Waals surface area contributed by atoms with Crippen LogP contribution in [-0.4, -0.2) is 30.1 Å². The number of anilines is 1. The Morgan fingerprint density at radius 3 is 2.64 bits per heavy atom. The van der Waals surface area contributed by atoms with Crippen molar-refractivity contribution in [1.82, 2.24) is 5.32 Å². The Bertz CT molecular complexity index is 753. The van der Waals surface area contributed by atoms with Crippen molar-refractivity contribution in [1.29, 1.82) is 0 Å². The SMILES string of the molecule is O=C(Cc1ccc(C2CC2)cc1)NC1CCN(c2cccc(O)c2)C1. The molecule has 4 rings (SSSR count). The standard InChI is InChI=1S/C21H24N2O2/c24-20-3-1-2-19(13-20)23-11-10-18(14-23)22-21(25)12-15-4-6-16(7-5-15)17-8-9-17/h1-7,13,17-18,24H,8-12,14H2,(H,22,25). The number of nitrogens with zero attached hydrogens (tertiary/aromatic N) is 1. The Kier molecular flexibility index (Phi) is 4.35. The van der Waals surface area contributed by atoms with E-state index in [0.29, 0.717) is 6.42 Å². The summed E-state index contributed by atoms with van der Waals surface area (Å²) in [7, 11) is 0. The Hall–Kier alpha value is -2.49. The van der Waals surface area contributed by atoms with Crippen LogP contribution in [0.5, 0.6) is 5.75 Å². The molecule has 0 spiro atoms.